The Balaban J connectivity index is 1.43. The molecule has 0 radical (unpaired) electrons. The van der Waals surface area contributed by atoms with Crippen LogP contribution in [-0.2, 0) is 9.53 Å². The summed E-state index contributed by atoms with van der Waals surface area (Å²) >= 11 is 5.79. The van der Waals surface area contributed by atoms with E-state index in [0.29, 0.717) is 41.3 Å². The van der Waals surface area contributed by atoms with Crippen LogP contribution in [0.25, 0.3) is 22.6 Å². The number of hydrogen-bond acceptors (Lipinski definition) is 6. The molecule has 0 saturated heterocycles. The van der Waals surface area contributed by atoms with Crippen LogP contribution in [0.3, 0.4) is 0 Å². The van der Waals surface area contributed by atoms with Gasteiger partial charge in [0, 0.05) is 17.7 Å². The predicted molar refractivity (Wildman–Crippen MR) is 151 cm³/mol. The molecule has 2 aromatic carbocycles. The van der Waals surface area contributed by atoms with Crippen molar-refractivity contribution in [2.24, 2.45) is 0 Å². The fourth-order valence-corrected chi connectivity index (χ4v) is 4.50. The summed E-state index contributed by atoms with van der Waals surface area (Å²) in [6.45, 7) is 0. The molecular weight excluding hydrogens is 572 g/mol. The Morgan fingerprint density at radius 3 is 2.74 bits per heavy atom. The number of aromatic amines is 2. The minimum absolute atomic E-state index is 0.0340. The first-order valence-corrected chi connectivity index (χ1v) is 13.1. The van der Waals surface area contributed by atoms with Crippen LogP contribution >= 0.6 is 11.6 Å². The number of anilines is 2. The van der Waals surface area contributed by atoms with Gasteiger partial charge in [-0.05, 0) is 43.2 Å². The summed E-state index contributed by atoms with van der Waals surface area (Å²) < 4.78 is 33.5. The van der Waals surface area contributed by atoms with E-state index in [1.165, 1.54) is 13.3 Å². The summed E-state index contributed by atoms with van der Waals surface area (Å²) in [7, 11) is 1.24. The zero-order chi connectivity index (χ0) is 29.8. The highest BCUT2D eigenvalue weighted by Gasteiger charge is 2.23. The van der Waals surface area contributed by atoms with Crippen molar-refractivity contribution >= 4 is 40.9 Å². The normalized spacial score (nSPS) is 15.0. The number of rotatable bonds is 4. The lowest BCUT2D eigenvalue weighted by Gasteiger charge is -2.15. The lowest BCUT2D eigenvalue weighted by molar-refractivity contribution is -0.116. The number of amides is 3. The number of ether oxygens (including phenoxy) is 1. The summed E-state index contributed by atoms with van der Waals surface area (Å²) in [6, 6.07) is 6.40. The number of nitrogens with one attached hydrogen (secondary N) is 5. The molecule has 0 unspecified atom stereocenters. The molecule has 2 aromatic heterocycles. The maximum atomic E-state index is 14.5. The number of carbonyl (C=O) groups is 3. The number of allylic oxidation sites excluding steroid dienone is 1. The van der Waals surface area contributed by atoms with Crippen molar-refractivity contribution in [1.82, 2.24) is 25.3 Å². The number of nitrogens with zero attached hydrogens (tertiary/aromatic N) is 2. The second-order valence-corrected chi connectivity index (χ2v) is 9.65. The molecule has 3 heterocycles. The topological polar surface area (TPSA) is 154 Å². The van der Waals surface area contributed by atoms with Crippen LogP contribution in [0.4, 0.5) is 25.0 Å². The molecule has 5 N–H and O–H groups in total. The van der Waals surface area contributed by atoms with Gasteiger partial charge in [0.05, 0.1) is 47.5 Å². The summed E-state index contributed by atoms with van der Waals surface area (Å²) in [5.74, 6) is -2.48. The number of methoxy groups -OCH3 is 1. The first-order valence-electron chi connectivity index (χ1n) is 12.7. The van der Waals surface area contributed by atoms with E-state index in [0.717, 1.165) is 12.1 Å². The molecule has 0 spiro atoms. The van der Waals surface area contributed by atoms with Crippen molar-refractivity contribution < 1.29 is 27.9 Å². The van der Waals surface area contributed by atoms with Crippen LogP contribution in [0.1, 0.15) is 41.6 Å². The van der Waals surface area contributed by atoms with Gasteiger partial charge in [-0.25, -0.2) is 23.5 Å². The number of hydrogen-bond donors (Lipinski definition) is 5. The minimum atomic E-state index is -0.997. The fourth-order valence-electron chi connectivity index (χ4n) is 4.34. The number of benzene rings is 2. The van der Waals surface area contributed by atoms with Crippen LogP contribution in [-0.4, -0.2) is 45.0 Å². The number of fused-ring (bicyclic) bond motifs is 4. The van der Waals surface area contributed by atoms with E-state index in [-0.39, 0.29) is 28.9 Å². The Hall–Kier alpha value is -5.04. The Bertz CT molecular complexity index is 1700. The van der Waals surface area contributed by atoms with Gasteiger partial charge in [0.15, 0.2) is 5.82 Å². The van der Waals surface area contributed by atoms with E-state index < -0.39 is 35.2 Å². The van der Waals surface area contributed by atoms with E-state index in [9.17, 15) is 23.2 Å². The van der Waals surface area contributed by atoms with Gasteiger partial charge in [-0.15, -0.1) is 0 Å². The predicted octanol–water partition coefficient (Wildman–Crippen LogP) is 5.73. The second kappa shape index (κ2) is 12.2. The number of carbonyl (C=O) groups excluding carboxylic acids is 3. The maximum absolute atomic E-state index is 14.5. The van der Waals surface area contributed by atoms with Crippen molar-refractivity contribution in [3.63, 3.8) is 0 Å². The van der Waals surface area contributed by atoms with Gasteiger partial charge in [0.25, 0.3) is 5.91 Å². The fraction of sp³-hybridized carbons (Fsp3) is 0.179. The maximum Gasteiger partial charge on any atom is 0.411 e. The van der Waals surface area contributed by atoms with E-state index in [1.54, 1.807) is 24.4 Å². The third-order valence-electron chi connectivity index (χ3n) is 6.42. The smallest absolute Gasteiger partial charge is 0.411 e. The number of imidazole rings is 2. The van der Waals surface area contributed by atoms with Crippen LogP contribution in [0.15, 0.2) is 54.9 Å². The van der Waals surface area contributed by atoms with Crippen LogP contribution < -0.4 is 16.0 Å². The third kappa shape index (κ3) is 6.15. The van der Waals surface area contributed by atoms with Gasteiger partial charge in [0.1, 0.15) is 23.2 Å². The lowest BCUT2D eigenvalue weighted by Crippen LogP contribution is -2.29. The SMILES string of the molecule is COC(=O)Nc1ccc2c(c1)NC(=O)CCC=CC[C@H](NC(=O)c1cnc(-c3c(F)ccc(Cl)c3F)[nH]1)c1ncc-2[nH]1. The Morgan fingerprint density at radius 2 is 1.93 bits per heavy atom. The van der Waals surface area contributed by atoms with Gasteiger partial charge in [-0.3, -0.25) is 14.9 Å². The third-order valence-corrected chi connectivity index (χ3v) is 6.72. The van der Waals surface area contributed by atoms with Gasteiger partial charge in [-0.2, -0.15) is 0 Å². The Kier molecular flexibility index (Phi) is 8.29. The molecular formula is C28H24ClF2N7O4. The van der Waals surface area contributed by atoms with Crippen molar-refractivity contribution in [2.45, 2.75) is 25.3 Å². The van der Waals surface area contributed by atoms with Gasteiger partial charge >= 0.3 is 6.09 Å². The zero-order valence-corrected chi connectivity index (χ0v) is 22.8. The van der Waals surface area contributed by atoms with Gasteiger partial charge in [-0.1, -0.05) is 23.8 Å². The summed E-state index contributed by atoms with van der Waals surface area (Å²) in [6.07, 6.45) is 6.66. The standard InChI is InChI=1S/C28H24ClF2N7O4/c1-42-28(41)34-14-7-8-15-19(11-14)35-22(39)6-4-2-3-5-18(25-32-12-20(15)36-25)38-27(40)21-13-33-26(37-21)23-17(30)10-9-16(29)24(23)31/h2-3,7-13,18H,4-6H2,1H3,(H,32,36)(H,33,37)(H,34,41)(H,35,39)(H,38,40)/t18-/m0/s1. The van der Waals surface area contributed by atoms with E-state index in [2.05, 4.69) is 40.6 Å². The Morgan fingerprint density at radius 1 is 1.10 bits per heavy atom. The van der Waals surface area contributed by atoms with Crippen molar-refractivity contribution in [3.05, 3.63) is 83.1 Å². The molecule has 1 aliphatic rings. The van der Waals surface area contributed by atoms with Crippen LogP contribution in [0.5, 0.6) is 0 Å². The first kappa shape index (κ1) is 28.5. The number of H-pyrrole nitrogens is 2. The van der Waals surface area contributed by atoms with E-state index >= 15 is 0 Å². The summed E-state index contributed by atoms with van der Waals surface area (Å²) in [5, 5.41) is 8.01. The quantitative estimate of drug-likeness (QED) is 0.150. The van der Waals surface area contributed by atoms with Crippen LogP contribution in [0, 0.1) is 11.6 Å². The van der Waals surface area contributed by atoms with Gasteiger partial charge in [0.2, 0.25) is 5.91 Å². The zero-order valence-electron chi connectivity index (χ0n) is 22.1. The molecule has 1 aliphatic heterocycles. The minimum Gasteiger partial charge on any atom is -0.453 e. The molecule has 4 aromatic rings. The molecule has 5 rings (SSSR count). The average Bonchev–Trinajstić information content (AvgIpc) is 3.65. The van der Waals surface area contributed by atoms with Gasteiger partial charge < -0.3 is 25.3 Å². The molecule has 216 valence electrons. The molecule has 0 saturated carbocycles. The molecule has 0 aliphatic carbocycles. The van der Waals surface area contributed by atoms with Crippen LogP contribution in [0.2, 0.25) is 5.02 Å². The summed E-state index contributed by atoms with van der Waals surface area (Å²) in [5.41, 5.74) is 1.47. The van der Waals surface area contributed by atoms with Crippen molar-refractivity contribution in [1.29, 1.82) is 0 Å². The number of halogens is 3. The Labute approximate surface area is 242 Å². The second-order valence-electron chi connectivity index (χ2n) is 9.24. The molecule has 3 amide bonds. The largest absolute Gasteiger partial charge is 0.453 e. The molecule has 0 fully saturated rings. The highest BCUT2D eigenvalue weighted by atomic mass is 35.5. The van der Waals surface area contributed by atoms with Crippen molar-refractivity contribution in [2.75, 3.05) is 17.7 Å². The molecule has 11 nitrogen and oxygen atoms in total. The monoisotopic (exact) mass is 595 g/mol. The lowest BCUT2D eigenvalue weighted by atomic mass is 10.1. The molecule has 14 heteroatoms. The molecule has 1 atom stereocenters. The molecule has 42 heavy (non-hydrogen) atoms. The molecule has 2 bridgehead atoms. The average molecular weight is 596 g/mol. The highest BCUT2D eigenvalue weighted by Crippen LogP contribution is 2.32. The highest BCUT2D eigenvalue weighted by molar-refractivity contribution is 6.31. The first-order chi connectivity index (χ1) is 20.2. The number of aromatic nitrogens is 4. The summed E-state index contributed by atoms with van der Waals surface area (Å²) in [4.78, 5) is 51.7. The van der Waals surface area contributed by atoms with Crippen molar-refractivity contribution in [3.8, 4) is 22.6 Å². The van der Waals surface area contributed by atoms with E-state index in [1.807, 2.05) is 12.2 Å². The van der Waals surface area contributed by atoms with E-state index in [4.69, 9.17) is 11.6 Å².